The summed E-state index contributed by atoms with van der Waals surface area (Å²) < 4.78 is 2.01. The summed E-state index contributed by atoms with van der Waals surface area (Å²) in [6, 6.07) is 20.9. The minimum Gasteiger partial charge on any atom is -0.319 e. The molecule has 0 saturated carbocycles. The molecule has 1 aromatic heterocycles. The molecule has 1 aliphatic rings. The highest BCUT2D eigenvalue weighted by molar-refractivity contribution is 6.40. The first-order valence-electron chi connectivity index (χ1n) is 9.68. The van der Waals surface area contributed by atoms with Gasteiger partial charge in [-0.2, -0.15) is 0 Å². The normalized spacial score (nSPS) is 19.7. The zero-order valence-electron chi connectivity index (χ0n) is 15.8. The molecule has 0 amide bonds. The molecule has 4 rings (SSSR count). The van der Waals surface area contributed by atoms with Crippen molar-refractivity contribution in [3.8, 4) is 0 Å². The van der Waals surface area contributed by atoms with Crippen molar-refractivity contribution in [1.82, 2.24) is 14.8 Å². The molecule has 3 aromatic rings. The predicted octanol–water partition coefficient (Wildman–Crippen LogP) is 4.20. The van der Waals surface area contributed by atoms with E-state index in [0.29, 0.717) is 0 Å². The maximum absolute atomic E-state index is 5.41. The molecule has 5 heteroatoms. The van der Waals surface area contributed by atoms with Gasteiger partial charge in [0.05, 0.1) is 11.1 Å². The van der Waals surface area contributed by atoms with E-state index in [1.54, 1.807) is 6.33 Å². The topological polar surface area (TPSA) is 43.1 Å². The Labute approximate surface area is 161 Å². The molecule has 0 spiro atoms. The van der Waals surface area contributed by atoms with Crippen LogP contribution < -0.4 is 0 Å². The van der Waals surface area contributed by atoms with Crippen LogP contribution in [0.5, 0.6) is 0 Å². The van der Waals surface area contributed by atoms with Gasteiger partial charge in [0.15, 0.2) is 13.1 Å². The van der Waals surface area contributed by atoms with E-state index in [0.717, 1.165) is 41.8 Å². The Balaban J connectivity index is 1.91. The first-order valence-corrected chi connectivity index (χ1v) is 9.68. The van der Waals surface area contributed by atoms with Gasteiger partial charge in [0, 0.05) is 18.2 Å². The van der Waals surface area contributed by atoms with E-state index >= 15 is 0 Å². The molecule has 1 atom stereocenters. The Morgan fingerprint density at radius 1 is 0.963 bits per heavy atom. The molecule has 2 aromatic carbocycles. The standard InChI is InChI=1S/C22H24BN4/c1-27-17-24-26-21(27)22(15-9-4-10-16-23-22)25-20(18-11-5-2-6-12-18)19-13-7-3-8-14-19/h2-3,5-8,11-14,17H,4,9-10,15-16H2,1H3. The van der Waals surface area contributed by atoms with Crippen molar-refractivity contribution in [2.45, 2.75) is 37.4 Å². The van der Waals surface area contributed by atoms with E-state index in [1.165, 1.54) is 12.8 Å². The maximum Gasteiger partial charge on any atom is 0.158 e. The highest BCUT2D eigenvalue weighted by Crippen LogP contribution is 2.35. The van der Waals surface area contributed by atoms with Crippen LogP contribution in [0.15, 0.2) is 72.0 Å². The minimum atomic E-state index is -0.442. The second-order valence-corrected chi connectivity index (χ2v) is 7.19. The number of rotatable bonds is 4. The second kappa shape index (κ2) is 7.91. The monoisotopic (exact) mass is 355 g/mol. The zero-order valence-corrected chi connectivity index (χ0v) is 15.8. The van der Waals surface area contributed by atoms with Crippen molar-refractivity contribution in [2.24, 2.45) is 12.0 Å². The van der Waals surface area contributed by atoms with Gasteiger partial charge in [0.1, 0.15) is 6.33 Å². The number of hydrogen-bond donors (Lipinski definition) is 0. The second-order valence-electron chi connectivity index (χ2n) is 7.19. The summed E-state index contributed by atoms with van der Waals surface area (Å²) in [6.45, 7) is 0. The van der Waals surface area contributed by atoms with Gasteiger partial charge in [-0.15, -0.1) is 10.2 Å². The van der Waals surface area contributed by atoms with Gasteiger partial charge in [0.25, 0.3) is 0 Å². The first kappa shape index (κ1) is 17.7. The highest BCUT2D eigenvalue weighted by atomic mass is 15.3. The van der Waals surface area contributed by atoms with Gasteiger partial charge in [-0.3, -0.25) is 4.99 Å². The van der Waals surface area contributed by atoms with Crippen molar-refractivity contribution in [3.63, 3.8) is 0 Å². The molecule has 135 valence electrons. The summed E-state index contributed by atoms with van der Waals surface area (Å²) in [7, 11) is 4.37. The first-order chi connectivity index (χ1) is 13.3. The molecule has 0 aliphatic carbocycles. The van der Waals surface area contributed by atoms with Gasteiger partial charge >= 0.3 is 0 Å². The van der Waals surface area contributed by atoms with Crippen molar-refractivity contribution in [2.75, 3.05) is 0 Å². The van der Waals surface area contributed by atoms with E-state index < -0.39 is 5.44 Å². The fraction of sp³-hybridized carbons (Fsp3) is 0.318. The molecule has 1 radical (unpaired) electrons. The van der Waals surface area contributed by atoms with Crippen LogP contribution in [0.4, 0.5) is 0 Å². The van der Waals surface area contributed by atoms with Crippen molar-refractivity contribution in [1.29, 1.82) is 0 Å². The average molecular weight is 355 g/mol. The number of aromatic nitrogens is 3. The van der Waals surface area contributed by atoms with Crippen molar-refractivity contribution >= 4 is 13.0 Å². The van der Waals surface area contributed by atoms with Crippen LogP contribution in [0.3, 0.4) is 0 Å². The molecule has 4 nitrogen and oxygen atoms in total. The molecular weight excluding hydrogens is 331 g/mol. The van der Waals surface area contributed by atoms with Gasteiger partial charge in [-0.05, 0) is 6.42 Å². The number of nitrogens with zero attached hydrogens (tertiary/aromatic N) is 4. The van der Waals surface area contributed by atoms with Gasteiger partial charge in [-0.25, -0.2) is 0 Å². The van der Waals surface area contributed by atoms with E-state index in [-0.39, 0.29) is 0 Å². The Morgan fingerprint density at radius 2 is 1.63 bits per heavy atom. The number of aliphatic imine (C=N–C) groups is 1. The molecule has 27 heavy (non-hydrogen) atoms. The Kier molecular flexibility index (Phi) is 5.19. The van der Waals surface area contributed by atoms with Gasteiger partial charge < -0.3 is 4.57 Å². The smallest absolute Gasteiger partial charge is 0.158 e. The van der Waals surface area contributed by atoms with E-state index in [9.17, 15) is 0 Å². The molecule has 1 aliphatic heterocycles. The van der Waals surface area contributed by atoms with Gasteiger partial charge in [-0.1, -0.05) is 86.2 Å². The van der Waals surface area contributed by atoms with E-state index in [2.05, 4.69) is 66.0 Å². The summed E-state index contributed by atoms with van der Waals surface area (Å²) in [6.07, 6.45) is 7.37. The summed E-state index contributed by atoms with van der Waals surface area (Å²) in [5.74, 6) is 0.925. The van der Waals surface area contributed by atoms with Crippen LogP contribution in [0.1, 0.15) is 42.6 Å². The fourth-order valence-corrected chi connectivity index (χ4v) is 3.88. The molecule has 1 unspecified atom stereocenters. The third-order valence-electron chi connectivity index (χ3n) is 5.25. The maximum atomic E-state index is 5.41. The lowest BCUT2D eigenvalue weighted by atomic mass is 9.54. The number of aryl methyl sites for hydroxylation is 1. The SMILES string of the molecule is Cn1cnnc1C1(N=C(c2ccccc2)c2ccccc2)[B]CCCCC1. The minimum absolute atomic E-state index is 0.442. The predicted molar refractivity (Wildman–Crippen MR) is 110 cm³/mol. The van der Waals surface area contributed by atoms with Crippen LogP contribution in [-0.2, 0) is 12.5 Å². The molecule has 0 N–H and O–H groups in total. The van der Waals surface area contributed by atoms with Crippen molar-refractivity contribution < 1.29 is 0 Å². The molecule has 1 saturated heterocycles. The summed E-state index contributed by atoms with van der Waals surface area (Å²) in [5.41, 5.74) is 2.83. The summed E-state index contributed by atoms with van der Waals surface area (Å²) >= 11 is 0. The third kappa shape index (κ3) is 3.73. The quantitative estimate of drug-likeness (QED) is 0.520. The lowest BCUT2D eigenvalue weighted by molar-refractivity contribution is 0.501. The number of hydrogen-bond acceptors (Lipinski definition) is 3. The molecular formula is C22H24BN4. The Bertz CT molecular complexity index is 853. The van der Waals surface area contributed by atoms with Crippen LogP contribution >= 0.6 is 0 Å². The highest BCUT2D eigenvalue weighted by Gasteiger charge is 2.37. The summed E-state index contributed by atoms with van der Waals surface area (Å²) in [4.78, 5) is 5.41. The van der Waals surface area contributed by atoms with Crippen LogP contribution in [0.25, 0.3) is 0 Å². The molecule has 2 heterocycles. The van der Waals surface area contributed by atoms with Crippen LogP contribution in [0.2, 0.25) is 6.32 Å². The van der Waals surface area contributed by atoms with Crippen molar-refractivity contribution in [3.05, 3.63) is 83.9 Å². The Morgan fingerprint density at radius 3 is 2.22 bits per heavy atom. The van der Waals surface area contributed by atoms with Crippen LogP contribution in [0, 0.1) is 0 Å². The third-order valence-corrected chi connectivity index (χ3v) is 5.25. The zero-order chi connectivity index (χ0) is 18.5. The van der Waals surface area contributed by atoms with E-state index in [1.807, 2.05) is 23.7 Å². The van der Waals surface area contributed by atoms with Gasteiger partial charge in [0.2, 0.25) is 0 Å². The number of benzene rings is 2. The fourth-order valence-electron chi connectivity index (χ4n) is 3.88. The molecule has 1 fully saturated rings. The molecule has 0 bridgehead atoms. The Hall–Kier alpha value is -2.69. The van der Waals surface area contributed by atoms with E-state index in [4.69, 9.17) is 4.99 Å². The largest absolute Gasteiger partial charge is 0.319 e. The summed E-state index contributed by atoms with van der Waals surface area (Å²) in [5, 5.41) is 8.62. The van der Waals surface area contributed by atoms with Crippen LogP contribution in [-0.4, -0.2) is 27.8 Å². The lowest BCUT2D eigenvalue weighted by Crippen LogP contribution is -2.35. The lowest BCUT2D eigenvalue weighted by Gasteiger charge is -2.29. The average Bonchev–Trinajstić information content (AvgIpc) is 3.02.